The molecule has 1 fully saturated rings. The largest absolute Gasteiger partial charge is 0.379 e. The van der Waals surface area contributed by atoms with Crippen LogP contribution in [0.25, 0.3) is 0 Å². The Labute approximate surface area is 202 Å². The van der Waals surface area contributed by atoms with Gasteiger partial charge in [-0.25, -0.2) is 10.6 Å². The normalized spacial score (nSPS) is 14.3. The Morgan fingerprint density at radius 3 is 2.50 bits per heavy atom. The van der Waals surface area contributed by atoms with Crippen LogP contribution in [0.4, 0.5) is 10.5 Å². The minimum Gasteiger partial charge on any atom is -0.379 e. The first-order valence-corrected chi connectivity index (χ1v) is 12.1. The van der Waals surface area contributed by atoms with Gasteiger partial charge in [0.05, 0.1) is 13.2 Å². The van der Waals surface area contributed by atoms with Crippen LogP contribution < -0.4 is 21.9 Å². The number of aliphatic imine (C=N–C) groups is 1. The molecule has 0 bridgehead atoms. The Hall–Kier alpha value is -2.94. The van der Waals surface area contributed by atoms with Crippen LogP contribution in [0.3, 0.4) is 0 Å². The number of aromatic nitrogens is 1. The molecular formula is C23H39N9O2. The zero-order valence-corrected chi connectivity index (χ0v) is 20.0. The molecule has 1 aliphatic rings. The fourth-order valence-electron chi connectivity index (χ4n) is 3.76. The van der Waals surface area contributed by atoms with E-state index < -0.39 is 0 Å². The number of unbranched alkanes of at least 4 members (excludes halogenated alkanes) is 5. The van der Waals surface area contributed by atoms with Crippen molar-refractivity contribution in [1.29, 1.82) is 5.26 Å². The third-order valence-electron chi connectivity index (χ3n) is 5.64. The molecule has 2 rings (SSSR count). The predicted octanol–water partition coefficient (Wildman–Crippen LogP) is 1.87. The van der Waals surface area contributed by atoms with Gasteiger partial charge in [-0.3, -0.25) is 25.6 Å². The van der Waals surface area contributed by atoms with Crippen LogP contribution in [0.1, 0.15) is 44.9 Å². The molecule has 0 atom stereocenters. The highest BCUT2D eigenvalue weighted by atomic mass is 16.5. The summed E-state index contributed by atoms with van der Waals surface area (Å²) in [5.74, 6) is 5.81. The van der Waals surface area contributed by atoms with Gasteiger partial charge in [0.15, 0.2) is 6.19 Å². The van der Waals surface area contributed by atoms with Crippen LogP contribution in [-0.4, -0.2) is 79.3 Å². The topological polar surface area (TPSA) is 144 Å². The lowest BCUT2D eigenvalue weighted by Crippen LogP contribution is -2.45. The fraction of sp³-hybridized carbons (Fsp3) is 0.652. The number of anilines is 1. The molecule has 0 spiro atoms. The minimum absolute atomic E-state index is 0.206. The summed E-state index contributed by atoms with van der Waals surface area (Å²) in [7, 11) is 0. The van der Waals surface area contributed by atoms with Gasteiger partial charge in [-0.15, -0.1) is 0 Å². The van der Waals surface area contributed by atoms with E-state index in [1.807, 2.05) is 23.2 Å². The number of nitriles is 1. The molecule has 0 radical (unpaired) electrons. The third kappa shape index (κ3) is 11.8. The number of carbonyl (C=O) groups is 1. The number of nitrogens with one attached hydrogen (secondary N) is 3. The van der Waals surface area contributed by atoms with Gasteiger partial charge in [-0.1, -0.05) is 25.7 Å². The van der Waals surface area contributed by atoms with Crippen LogP contribution in [0.15, 0.2) is 29.5 Å². The lowest BCUT2D eigenvalue weighted by Gasteiger charge is -2.28. The van der Waals surface area contributed by atoms with E-state index in [4.69, 9.17) is 15.8 Å². The van der Waals surface area contributed by atoms with Gasteiger partial charge in [0.25, 0.3) is 0 Å². The molecular weight excluding hydrogens is 434 g/mol. The number of pyridine rings is 1. The number of urea groups is 1. The maximum absolute atomic E-state index is 12.1. The average Bonchev–Trinajstić information content (AvgIpc) is 2.87. The van der Waals surface area contributed by atoms with Crippen LogP contribution in [0.2, 0.25) is 0 Å². The van der Waals surface area contributed by atoms with Gasteiger partial charge >= 0.3 is 6.03 Å². The minimum atomic E-state index is -0.206. The first kappa shape index (κ1) is 27.3. The summed E-state index contributed by atoms with van der Waals surface area (Å²) in [4.78, 5) is 24.7. The van der Waals surface area contributed by atoms with Crippen molar-refractivity contribution < 1.29 is 9.53 Å². The second kappa shape index (κ2) is 17.5. The van der Waals surface area contributed by atoms with E-state index in [-0.39, 0.29) is 6.03 Å². The molecule has 1 aliphatic heterocycles. The number of hydrogen-bond acceptors (Lipinski definition) is 7. The molecule has 11 heteroatoms. The fourth-order valence-corrected chi connectivity index (χ4v) is 3.76. The Morgan fingerprint density at radius 2 is 1.79 bits per heavy atom. The van der Waals surface area contributed by atoms with Crippen molar-refractivity contribution in [1.82, 2.24) is 25.5 Å². The molecule has 1 saturated heterocycles. The van der Waals surface area contributed by atoms with Crippen molar-refractivity contribution in [2.24, 2.45) is 10.8 Å². The summed E-state index contributed by atoms with van der Waals surface area (Å²) in [6.07, 6.45) is 12.5. The molecule has 188 valence electrons. The molecule has 5 N–H and O–H groups in total. The Bertz CT molecular complexity index is 749. The monoisotopic (exact) mass is 473 g/mol. The molecule has 11 nitrogen and oxygen atoms in total. The molecule has 0 unspecified atom stereocenters. The molecule has 0 aromatic carbocycles. The van der Waals surface area contributed by atoms with Crippen LogP contribution in [0.5, 0.6) is 0 Å². The highest BCUT2D eigenvalue weighted by Gasteiger charge is 2.14. The van der Waals surface area contributed by atoms with Gasteiger partial charge in [-0.2, -0.15) is 5.26 Å². The maximum atomic E-state index is 12.1. The molecule has 2 heterocycles. The zero-order chi connectivity index (χ0) is 24.3. The number of amides is 2. The van der Waals surface area contributed by atoms with E-state index >= 15 is 0 Å². The summed E-state index contributed by atoms with van der Waals surface area (Å²) in [6, 6.07) is 3.43. The predicted molar refractivity (Wildman–Crippen MR) is 133 cm³/mol. The van der Waals surface area contributed by atoms with Crippen LogP contribution >= 0.6 is 0 Å². The number of hydrazine groups is 1. The maximum Gasteiger partial charge on any atom is 0.331 e. The first-order chi connectivity index (χ1) is 16.7. The van der Waals surface area contributed by atoms with Gasteiger partial charge in [0, 0.05) is 57.3 Å². The quantitative estimate of drug-likeness (QED) is 0.0468. The number of carbonyl (C=O) groups excluding carboxylic acids is 1. The SMILES string of the molecule is N#CNC(=NCCCCCCCCN(CCCN1CCOCC1)C(=O)NN)Nc1ccncc1. The highest BCUT2D eigenvalue weighted by molar-refractivity contribution is 5.94. The molecule has 2 amide bonds. The smallest absolute Gasteiger partial charge is 0.331 e. The van der Waals surface area contributed by atoms with E-state index in [0.29, 0.717) is 19.0 Å². The van der Waals surface area contributed by atoms with Gasteiger partial charge < -0.3 is 15.0 Å². The molecule has 1 aromatic heterocycles. The lowest BCUT2D eigenvalue weighted by atomic mass is 10.1. The second-order valence-electron chi connectivity index (χ2n) is 8.19. The van der Waals surface area contributed by atoms with Crippen LogP contribution in [-0.2, 0) is 4.74 Å². The molecule has 34 heavy (non-hydrogen) atoms. The Balaban J connectivity index is 1.54. The van der Waals surface area contributed by atoms with Gasteiger partial charge in [0.2, 0.25) is 5.96 Å². The molecule has 0 saturated carbocycles. The van der Waals surface area contributed by atoms with E-state index in [2.05, 4.69) is 30.9 Å². The van der Waals surface area contributed by atoms with Crippen molar-refractivity contribution in [2.75, 3.05) is 57.8 Å². The Morgan fingerprint density at radius 1 is 1.12 bits per heavy atom. The molecule has 1 aromatic rings. The Kier molecular flexibility index (Phi) is 14.1. The van der Waals surface area contributed by atoms with Gasteiger partial charge in [0.1, 0.15) is 0 Å². The highest BCUT2D eigenvalue weighted by Crippen LogP contribution is 2.08. The zero-order valence-electron chi connectivity index (χ0n) is 20.0. The standard InChI is InChI=1S/C23H39N9O2/c24-20-28-22(29-21-8-11-26-12-9-21)27-10-5-3-1-2-4-6-14-32(23(33)30-25)15-7-13-31-16-18-34-19-17-31/h8-9,11-12H,1-7,10,13-19,25H2,(H,30,33)(H2,26,27,28,29). The third-order valence-corrected chi connectivity index (χ3v) is 5.64. The lowest BCUT2D eigenvalue weighted by molar-refractivity contribution is 0.0365. The summed E-state index contributed by atoms with van der Waals surface area (Å²) in [5.41, 5.74) is 3.10. The number of morpholine rings is 1. The average molecular weight is 474 g/mol. The number of rotatable bonds is 14. The van der Waals surface area contributed by atoms with Crippen molar-refractivity contribution in [3.63, 3.8) is 0 Å². The number of nitrogens with zero attached hydrogens (tertiary/aromatic N) is 5. The van der Waals surface area contributed by atoms with E-state index in [9.17, 15) is 4.79 Å². The summed E-state index contributed by atoms with van der Waals surface area (Å²) >= 11 is 0. The number of hydrogen-bond donors (Lipinski definition) is 4. The van der Waals surface area contributed by atoms with E-state index in [1.165, 1.54) is 0 Å². The summed E-state index contributed by atoms with van der Waals surface area (Å²) < 4.78 is 5.37. The number of nitrogens with two attached hydrogens (primary N) is 1. The summed E-state index contributed by atoms with van der Waals surface area (Å²) in [5, 5.41) is 14.6. The number of guanidine groups is 1. The van der Waals surface area contributed by atoms with Gasteiger partial charge in [-0.05, 0) is 31.4 Å². The van der Waals surface area contributed by atoms with E-state index in [0.717, 1.165) is 90.0 Å². The number of ether oxygens (including phenoxy) is 1. The first-order valence-electron chi connectivity index (χ1n) is 12.1. The van der Waals surface area contributed by atoms with Crippen molar-refractivity contribution in [3.8, 4) is 6.19 Å². The van der Waals surface area contributed by atoms with Crippen molar-refractivity contribution >= 4 is 17.7 Å². The van der Waals surface area contributed by atoms with Crippen molar-refractivity contribution in [2.45, 2.75) is 44.9 Å². The second-order valence-corrected chi connectivity index (χ2v) is 8.19. The van der Waals surface area contributed by atoms with E-state index in [1.54, 1.807) is 12.4 Å². The molecule has 0 aliphatic carbocycles. The van der Waals surface area contributed by atoms with Crippen molar-refractivity contribution in [3.05, 3.63) is 24.5 Å². The van der Waals surface area contributed by atoms with Crippen LogP contribution in [0, 0.1) is 11.5 Å². The summed E-state index contributed by atoms with van der Waals surface area (Å²) in [6.45, 7) is 6.57.